The number of likely N-dealkylation sites (tertiary alicyclic amines) is 2. The minimum Gasteiger partial charge on any atom is -0.341 e. The van der Waals surface area contributed by atoms with E-state index in [0.717, 1.165) is 30.7 Å². The van der Waals surface area contributed by atoms with Crippen LogP contribution in [0.15, 0.2) is 12.4 Å². The minimum atomic E-state index is -0.279. The molecule has 1 aromatic rings. The maximum atomic E-state index is 12.6. The Labute approximate surface area is 171 Å². The first-order valence-corrected chi connectivity index (χ1v) is 10.1. The molecule has 29 heavy (non-hydrogen) atoms. The molecule has 1 spiro atoms. The molecule has 1 unspecified atom stereocenters. The zero-order chi connectivity index (χ0) is 21.0. The number of piperidine rings is 2. The Morgan fingerprint density at radius 3 is 2.69 bits per heavy atom. The maximum Gasteiger partial charge on any atom is 0.317 e. The zero-order valence-electron chi connectivity index (χ0n) is 17.5. The van der Waals surface area contributed by atoms with Crippen LogP contribution >= 0.6 is 0 Å². The van der Waals surface area contributed by atoms with Gasteiger partial charge in [0.2, 0.25) is 11.8 Å². The van der Waals surface area contributed by atoms with Gasteiger partial charge in [-0.05, 0) is 26.2 Å². The van der Waals surface area contributed by atoms with Crippen molar-refractivity contribution in [1.29, 1.82) is 0 Å². The van der Waals surface area contributed by atoms with Crippen LogP contribution in [0.2, 0.25) is 0 Å². The smallest absolute Gasteiger partial charge is 0.317 e. The summed E-state index contributed by atoms with van der Waals surface area (Å²) in [5, 5.41) is 2.64. The lowest BCUT2D eigenvalue weighted by atomic mass is 9.73. The number of amides is 4. The molecule has 1 N–H and O–H groups in total. The van der Waals surface area contributed by atoms with Gasteiger partial charge in [-0.3, -0.25) is 19.6 Å². The number of carbonyl (C=O) groups excluding carboxylic acids is 3. The lowest BCUT2D eigenvalue weighted by Crippen LogP contribution is -2.56. The summed E-state index contributed by atoms with van der Waals surface area (Å²) in [4.78, 5) is 50.5. The number of urea groups is 1. The van der Waals surface area contributed by atoms with Crippen molar-refractivity contribution >= 4 is 17.8 Å². The van der Waals surface area contributed by atoms with Crippen molar-refractivity contribution in [1.82, 2.24) is 30.0 Å². The Balaban J connectivity index is 1.62. The molecule has 4 amide bonds. The second-order valence-electron chi connectivity index (χ2n) is 8.37. The zero-order valence-corrected chi connectivity index (χ0v) is 17.5. The first kappa shape index (κ1) is 21.0. The Morgan fingerprint density at radius 2 is 2.00 bits per heavy atom. The third-order valence-electron chi connectivity index (χ3n) is 5.75. The Hall–Kier alpha value is -2.71. The largest absolute Gasteiger partial charge is 0.341 e. The van der Waals surface area contributed by atoms with Gasteiger partial charge in [-0.25, -0.2) is 4.79 Å². The predicted molar refractivity (Wildman–Crippen MR) is 107 cm³/mol. The van der Waals surface area contributed by atoms with E-state index in [1.807, 2.05) is 16.7 Å². The van der Waals surface area contributed by atoms with E-state index in [4.69, 9.17) is 0 Å². The maximum absolute atomic E-state index is 12.6. The molecule has 2 aliphatic heterocycles. The lowest BCUT2D eigenvalue weighted by molar-refractivity contribution is -0.143. The van der Waals surface area contributed by atoms with E-state index in [1.54, 1.807) is 26.5 Å². The molecule has 0 aromatic carbocycles. The van der Waals surface area contributed by atoms with E-state index < -0.39 is 0 Å². The highest BCUT2D eigenvalue weighted by Crippen LogP contribution is 2.39. The van der Waals surface area contributed by atoms with Crippen LogP contribution in [0.5, 0.6) is 0 Å². The molecule has 1 aromatic heterocycles. The number of hydrogen-bond acceptors (Lipinski definition) is 5. The number of carbonyl (C=O) groups is 3. The minimum absolute atomic E-state index is 0.00526. The second kappa shape index (κ2) is 8.75. The molecule has 0 saturated carbocycles. The standard InChI is InChI=1S/C20H30N6O3/c1-15-9-22-16(10-21-15)12-26-14-20(7-5-17(26)27)6-4-8-25(13-20)18(28)11-23-19(29)24(2)3/h9-10H,4-8,11-14H2,1-3H3,(H,23,29). The van der Waals surface area contributed by atoms with Gasteiger partial charge in [-0.15, -0.1) is 0 Å². The third-order valence-corrected chi connectivity index (χ3v) is 5.75. The van der Waals surface area contributed by atoms with Crippen molar-refractivity contribution < 1.29 is 14.4 Å². The fourth-order valence-electron chi connectivity index (χ4n) is 4.12. The average molecular weight is 402 g/mol. The normalized spacial score (nSPS) is 22.0. The molecule has 3 rings (SSSR count). The summed E-state index contributed by atoms with van der Waals surface area (Å²) >= 11 is 0. The molecule has 2 aliphatic rings. The van der Waals surface area contributed by atoms with Gasteiger partial charge < -0.3 is 20.0 Å². The van der Waals surface area contributed by atoms with Crippen LogP contribution in [-0.4, -0.2) is 82.8 Å². The number of aryl methyl sites for hydroxylation is 1. The highest BCUT2D eigenvalue weighted by molar-refractivity contribution is 5.84. The Kier molecular flexibility index (Phi) is 6.34. The van der Waals surface area contributed by atoms with Crippen molar-refractivity contribution in [2.24, 2.45) is 5.41 Å². The summed E-state index contributed by atoms with van der Waals surface area (Å²) in [6.45, 7) is 4.25. The SMILES string of the molecule is Cc1cnc(CN2CC3(CCCN(C(=O)CNC(=O)N(C)C)C3)CCC2=O)cn1. The van der Waals surface area contributed by atoms with E-state index in [0.29, 0.717) is 32.6 Å². The van der Waals surface area contributed by atoms with Crippen molar-refractivity contribution in [3.8, 4) is 0 Å². The second-order valence-corrected chi connectivity index (χ2v) is 8.37. The van der Waals surface area contributed by atoms with Crippen LogP contribution in [-0.2, 0) is 16.1 Å². The van der Waals surface area contributed by atoms with E-state index in [1.165, 1.54) is 4.90 Å². The van der Waals surface area contributed by atoms with Crippen molar-refractivity contribution in [2.45, 2.75) is 39.2 Å². The highest BCUT2D eigenvalue weighted by atomic mass is 16.2. The summed E-state index contributed by atoms with van der Waals surface area (Å²) in [5.74, 6) is 0.0480. The molecular weight excluding hydrogens is 372 g/mol. The van der Waals surface area contributed by atoms with Crippen molar-refractivity contribution in [3.63, 3.8) is 0 Å². The average Bonchev–Trinajstić information content (AvgIpc) is 2.70. The van der Waals surface area contributed by atoms with Crippen LogP contribution in [0, 0.1) is 12.3 Å². The fraction of sp³-hybridized carbons (Fsp3) is 0.650. The van der Waals surface area contributed by atoms with Crippen LogP contribution in [0.4, 0.5) is 4.79 Å². The predicted octanol–water partition coefficient (Wildman–Crippen LogP) is 0.787. The summed E-state index contributed by atoms with van der Waals surface area (Å²) in [7, 11) is 3.28. The highest BCUT2D eigenvalue weighted by Gasteiger charge is 2.42. The van der Waals surface area contributed by atoms with Gasteiger partial charge in [0, 0.05) is 51.8 Å². The molecular formula is C20H30N6O3. The van der Waals surface area contributed by atoms with Gasteiger partial charge in [0.15, 0.2) is 0 Å². The van der Waals surface area contributed by atoms with Gasteiger partial charge in [0.05, 0.1) is 30.7 Å². The quantitative estimate of drug-likeness (QED) is 0.803. The van der Waals surface area contributed by atoms with Crippen LogP contribution < -0.4 is 5.32 Å². The summed E-state index contributed by atoms with van der Waals surface area (Å²) < 4.78 is 0. The van der Waals surface area contributed by atoms with Gasteiger partial charge in [-0.2, -0.15) is 0 Å². The van der Waals surface area contributed by atoms with Crippen LogP contribution in [0.1, 0.15) is 37.1 Å². The number of nitrogens with zero attached hydrogens (tertiary/aromatic N) is 5. The van der Waals surface area contributed by atoms with Crippen molar-refractivity contribution in [3.05, 3.63) is 23.8 Å². The number of rotatable bonds is 4. The summed E-state index contributed by atoms with van der Waals surface area (Å²) in [6.07, 6.45) is 6.59. The molecule has 0 radical (unpaired) electrons. The number of aromatic nitrogens is 2. The molecule has 0 bridgehead atoms. The topological polar surface area (TPSA) is 98.7 Å². The molecule has 9 heteroatoms. The van der Waals surface area contributed by atoms with Crippen molar-refractivity contribution in [2.75, 3.05) is 40.3 Å². The fourth-order valence-corrected chi connectivity index (χ4v) is 4.12. The summed E-state index contributed by atoms with van der Waals surface area (Å²) in [5.41, 5.74) is 1.53. The third kappa shape index (κ3) is 5.21. The Morgan fingerprint density at radius 1 is 1.21 bits per heavy atom. The van der Waals surface area contributed by atoms with E-state index in [9.17, 15) is 14.4 Å². The van der Waals surface area contributed by atoms with Gasteiger partial charge >= 0.3 is 6.03 Å². The molecule has 9 nitrogen and oxygen atoms in total. The number of hydrogen-bond donors (Lipinski definition) is 1. The first-order valence-electron chi connectivity index (χ1n) is 10.1. The van der Waals surface area contributed by atoms with E-state index >= 15 is 0 Å². The number of nitrogens with one attached hydrogen (secondary N) is 1. The molecule has 2 saturated heterocycles. The van der Waals surface area contributed by atoms with Crippen LogP contribution in [0.3, 0.4) is 0 Å². The molecule has 3 heterocycles. The van der Waals surface area contributed by atoms with E-state index in [-0.39, 0.29) is 29.8 Å². The van der Waals surface area contributed by atoms with Gasteiger partial charge in [0.25, 0.3) is 0 Å². The monoisotopic (exact) mass is 402 g/mol. The lowest BCUT2D eigenvalue weighted by Gasteiger charge is -2.48. The molecule has 2 fully saturated rings. The van der Waals surface area contributed by atoms with E-state index in [2.05, 4.69) is 15.3 Å². The molecule has 158 valence electrons. The Bertz CT molecular complexity index is 766. The molecule has 1 atom stereocenters. The van der Waals surface area contributed by atoms with Crippen LogP contribution in [0.25, 0.3) is 0 Å². The summed E-state index contributed by atoms with van der Waals surface area (Å²) in [6, 6.07) is -0.279. The van der Waals surface area contributed by atoms with Gasteiger partial charge in [-0.1, -0.05) is 0 Å². The molecule has 0 aliphatic carbocycles. The first-order chi connectivity index (χ1) is 13.8. The van der Waals surface area contributed by atoms with Gasteiger partial charge in [0.1, 0.15) is 0 Å².